The van der Waals surface area contributed by atoms with Crippen molar-refractivity contribution in [3.05, 3.63) is 42.7 Å². The highest BCUT2D eigenvalue weighted by molar-refractivity contribution is 5.93. The summed E-state index contributed by atoms with van der Waals surface area (Å²) in [5, 5.41) is 32.0. The topological polar surface area (TPSA) is 121 Å². The molecule has 0 spiro atoms. The summed E-state index contributed by atoms with van der Waals surface area (Å²) < 4.78 is 3.61. The van der Waals surface area contributed by atoms with E-state index in [0.717, 1.165) is 22.4 Å². The van der Waals surface area contributed by atoms with Crippen LogP contribution in [0.15, 0.2) is 42.7 Å². The van der Waals surface area contributed by atoms with Crippen LogP contribution in [-0.2, 0) is 12.6 Å². The zero-order chi connectivity index (χ0) is 22.3. The van der Waals surface area contributed by atoms with Crippen molar-refractivity contribution in [3.63, 3.8) is 0 Å². The molecule has 0 unspecified atom stereocenters. The fourth-order valence-electron chi connectivity index (χ4n) is 4.45. The minimum atomic E-state index is -0.429. The molecule has 4 heterocycles. The molecule has 1 aliphatic rings. The quantitative estimate of drug-likeness (QED) is 0.521. The van der Waals surface area contributed by atoms with Crippen molar-refractivity contribution in [3.8, 4) is 34.9 Å². The van der Waals surface area contributed by atoms with E-state index in [1.807, 2.05) is 55.3 Å². The third-order valence-corrected chi connectivity index (χ3v) is 6.16. The van der Waals surface area contributed by atoms with Gasteiger partial charge in [-0.25, -0.2) is 4.98 Å². The largest absolute Gasteiger partial charge is 0.373 e. The van der Waals surface area contributed by atoms with Crippen molar-refractivity contribution in [1.82, 2.24) is 29.5 Å². The van der Waals surface area contributed by atoms with E-state index in [-0.39, 0.29) is 5.92 Å². The second-order valence-electron chi connectivity index (χ2n) is 8.15. The number of anilines is 1. The highest BCUT2D eigenvalue weighted by atomic mass is 15.3. The van der Waals surface area contributed by atoms with Gasteiger partial charge in [0, 0.05) is 37.9 Å². The minimum absolute atomic E-state index is 0.0343. The molecule has 0 aromatic carbocycles. The van der Waals surface area contributed by atoms with Crippen molar-refractivity contribution in [2.24, 2.45) is 13.0 Å². The summed E-state index contributed by atoms with van der Waals surface area (Å²) in [5.74, 6) is 0.845. The molecule has 0 saturated heterocycles. The fourth-order valence-corrected chi connectivity index (χ4v) is 4.45. The van der Waals surface area contributed by atoms with Crippen LogP contribution < -0.4 is 5.32 Å². The summed E-state index contributed by atoms with van der Waals surface area (Å²) in [7, 11) is 3.72. The molecule has 4 aromatic rings. The Morgan fingerprint density at radius 2 is 2.00 bits per heavy atom. The van der Waals surface area contributed by atoms with Gasteiger partial charge in [0.2, 0.25) is 0 Å². The van der Waals surface area contributed by atoms with E-state index < -0.39 is 5.54 Å². The van der Waals surface area contributed by atoms with Gasteiger partial charge in [-0.3, -0.25) is 14.3 Å². The molecule has 0 radical (unpaired) electrons. The highest BCUT2D eigenvalue weighted by Gasteiger charge is 2.46. The predicted molar refractivity (Wildman–Crippen MR) is 119 cm³/mol. The average Bonchev–Trinajstić information content (AvgIpc) is 3.42. The number of hydrogen-bond donors (Lipinski definition) is 1. The molecule has 158 valence electrons. The molecule has 9 nitrogen and oxygen atoms in total. The van der Waals surface area contributed by atoms with Crippen LogP contribution in [0.2, 0.25) is 0 Å². The molecule has 0 atom stereocenters. The number of nitrogens with one attached hydrogen (secondary N) is 1. The lowest BCUT2D eigenvalue weighted by Crippen LogP contribution is -2.46. The van der Waals surface area contributed by atoms with E-state index in [1.165, 1.54) is 0 Å². The van der Waals surface area contributed by atoms with E-state index in [9.17, 15) is 10.5 Å². The Morgan fingerprint density at radius 3 is 2.72 bits per heavy atom. The van der Waals surface area contributed by atoms with Gasteiger partial charge in [-0.2, -0.15) is 20.7 Å². The maximum atomic E-state index is 9.35. The number of nitriles is 2. The molecule has 1 fully saturated rings. The van der Waals surface area contributed by atoms with Crippen molar-refractivity contribution in [2.45, 2.75) is 24.8 Å². The van der Waals surface area contributed by atoms with Crippen molar-refractivity contribution in [2.75, 3.05) is 12.4 Å². The Bertz CT molecular complexity index is 1390. The lowest BCUT2D eigenvalue weighted by molar-refractivity contribution is 0.0884. The molecule has 0 amide bonds. The van der Waals surface area contributed by atoms with Gasteiger partial charge < -0.3 is 5.32 Å². The monoisotopic (exact) mass is 423 g/mol. The number of fused-ring (bicyclic) bond motifs is 1. The number of aromatic nitrogens is 6. The van der Waals surface area contributed by atoms with Crippen molar-refractivity contribution in [1.29, 1.82) is 10.5 Å². The first kappa shape index (κ1) is 19.7. The normalized spacial score (nSPS) is 19.8. The Labute approximate surface area is 184 Å². The Morgan fingerprint density at radius 1 is 1.16 bits per heavy atom. The third kappa shape index (κ3) is 3.07. The summed E-state index contributed by atoms with van der Waals surface area (Å²) >= 11 is 0. The molecule has 0 bridgehead atoms. The van der Waals surface area contributed by atoms with E-state index in [4.69, 9.17) is 10.1 Å². The average molecular weight is 423 g/mol. The fraction of sp³-hybridized carbons (Fsp3) is 0.304. The smallest absolute Gasteiger partial charge is 0.124 e. The van der Waals surface area contributed by atoms with E-state index in [0.29, 0.717) is 36.3 Å². The summed E-state index contributed by atoms with van der Waals surface area (Å²) in [4.78, 5) is 9.44. The molecule has 1 N–H and O–H groups in total. The van der Waals surface area contributed by atoms with E-state index in [2.05, 4.69) is 27.5 Å². The summed E-state index contributed by atoms with van der Waals surface area (Å²) in [6, 6.07) is 14.2. The van der Waals surface area contributed by atoms with Crippen molar-refractivity contribution >= 4 is 16.7 Å². The zero-order valence-corrected chi connectivity index (χ0v) is 17.8. The summed E-state index contributed by atoms with van der Waals surface area (Å²) in [6.07, 6.45) is 5.23. The maximum Gasteiger partial charge on any atom is 0.124 e. The van der Waals surface area contributed by atoms with E-state index >= 15 is 0 Å². The lowest BCUT2D eigenvalue weighted by atomic mass is 9.67. The Balaban J connectivity index is 1.62. The van der Waals surface area contributed by atoms with Gasteiger partial charge in [0.05, 0.1) is 41.2 Å². The van der Waals surface area contributed by atoms with Crippen LogP contribution in [0.1, 0.15) is 19.3 Å². The standard InChI is InChI=1S/C23H21N9/c1-26-21-11-20(29-31(21)2)19-10-18-16(4-3-8-27-18)22(28-19)17-5-9-32(30-17)23(6-7-24)12-15(13-23)14-25/h3-5,8-11,15,26H,6,12-13H2,1-2H3. The SMILES string of the molecule is CNc1cc(-c2cc3ncccc3c(-c3ccn(C4(CC#N)CC(C#N)C4)n3)n2)nn1C. The van der Waals surface area contributed by atoms with Gasteiger partial charge in [-0.05, 0) is 37.1 Å². The van der Waals surface area contributed by atoms with Crippen LogP contribution in [0.5, 0.6) is 0 Å². The Hall–Kier alpha value is -4.24. The molecule has 4 aromatic heterocycles. The number of nitrogens with zero attached hydrogens (tertiary/aromatic N) is 8. The van der Waals surface area contributed by atoms with Gasteiger partial charge >= 0.3 is 0 Å². The highest BCUT2D eigenvalue weighted by Crippen LogP contribution is 2.46. The summed E-state index contributed by atoms with van der Waals surface area (Å²) in [6.45, 7) is 0. The zero-order valence-electron chi connectivity index (χ0n) is 17.8. The Kier molecular flexibility index (Phi) is 4.60. The van der Waals surface area contributed by atoms with Crippen molar-refractivity contribution < 1.29 is 0 Å². The first-order valence-corrected chi connectivity index (χ1v) is 10.4. The first-order valence-electron chi connectivity index (χ1n) is 10.4. The van der Waals surface area contributed by atoms with Gasteiger partial charge in [-0.15, -0.1) is 0 Å². The molecular formula is C23H21N9. The number of rotatable bonds is 5. The first-order chi connectivity index (χ1) is 15.6. The van der Waals surface area contributed by atoms with E-state index in [1.54, 1.807) is 10.9 Å². The molecular weight excluding hydrogens is 402 g/mol. The van der Waals surface area contributed by atoms with Crippen LogP contribution in [-0.4, -0.2) is 36.6 Å². The molecule has 9 heteroatoms. The summed E-state index contributed by atoms with van der Waals surface area (Å²) in [5.41, 5.74) is 3.23. The maximum absolute atomic E-state index is 9.35. The van der Waals surface area contributed by atoms with Crippen LogP contribution in [0, 0.1) is 28.6 Å². The predicted octanol–water partition coefficient (Wildman–Crippen LogP) is 3.48. The molecule has 1 saturated carbocycles. The van der Waals surface area contributed by atoms with Gasteiger partial charge in [0.15, 0.2) is 0 Å². The second-order valence-corrected chi connectivity index (χ2v) is 8.15. The lowest BCUT2D eigenvalue weighted by Gasteiger charge is -2.43. The van der Waals surface area contributed by atoms with Gasteiger partial charge in [-0.1, -0.05) is 0 Å². The molecule has 0 aliphatic heterocycles. The van der Waals surface area contributed by atoms with Crippen LogP contribution >= 0.6 is 0 Å². The number of aryl methyl sites for hydroxylation is 1. The van der Waals surface area contributed by atoms with Crippen LogP contribution in [0.25, 0.3) is 33.7 Å². The number of hydrogen-bond acceptors (Lipinski definition) is 7. The minimum Gasteiger partial charge on any atom is -0.373 e. The molecule has 5 rings (SSSR count). The molecule has 1 aliphatic carbocycles. The second kappa shape index (κ2) is 7.47. The third-order valence-electron chi connectivity index (χ3n) is 6.16. The van der Waals surface area contributed by atoms with Gasteiger partial charge in [0.25, 0.3) is 0 Å². The molecule has 32 heavy (non-hydrogen) atoms. The van der Waals surface area contributed by atoms with Crippen LogP contribution in [0.4, 0.5) is 5.82 Å². The number of pyridine rings is 2. The van der Waals surface area contributed by atoms with Gasteiger partial charge in [0.1, 0.15) is 22.9 Å². The van der Waals surface area contributed by atoms with Crippen LogP contribution in [0.3, 0.4) is 0 Å².